The minimum absolute atomic E-state index is 0.942. The molecule has 0 bridgehead atoms. The Morgan fingerprint density at radius 3 is 1.51 bits per heavy atom. The van der Waals surface area contributed by atoms with Crippen LogP contribution >= 0.6 is 0 Å². The zero-order valence-electron chi connectivity index (χ0n) is 26.1. The Bertz CT molecular complexity index is 2190. The van der Waals surface area contributed by atoms with Crippen LogP contribution in [0.15, 0.2) is 182 Å². The first-order chi connectivity index (χ1) is 23.3. The van der Waals surface area contributed by atoms with Gasteiger partial charge in [-0.3, -0.25) is 0 Å². The summed E-state index contributed by atoms with van der Waals surface area (Å²) in [4.78, 5) is 4.70. The van der Waals surface area contributed by atoms with Gasteiger partial charge in [0.05, 0.1) is 11.4 Å². The lowest BCUT2D eigenvalue weighted by Gasteiger charge is -2.28. The monoisotopic (exact) mass is 602 g/mol. The fourth-order valence-corrected chi connectivity index (χ4v) is 6.57. The van der Waals surface area contributed by atoms with E-state index in [2.05, 4.69) is 204 Å². The average Bonchev–Trinajstić information content (AvgIpc) is 3.40. The van der Waals surface area contributed by atoms with Gasteiger partial charge < -0.3 is 9.80 Å². The predicted molar refractivity (Wildman–Crippen MR) is 201 cm³/mol. The van der Waals surface area contributed by atoms with Gasteiger partial charge in [0.2, 0.25) is 0 Å². The van der Waals surface area contributed by atoms with Crippen molar-refractivity contribution in [1.82, 2.24) is 0 Å². The summed E-state index contributed by atoms with van der Waals surface area (Å²) in [5.74, 6) is 0. The third kappa shape index (κ3) is 5.62. The summed E-state index contributed by atoms with van der Waals surface area (Å²) in [6.07, 6.45) is 9.89. The fraction of sp³-hybridized carbons (Fsp3) is 0.0222. The third-order valence-electron chi connectivity index (χ3n) is 8.83. The summed E-state index contributed by atoms with van der Waals surface area (Å²) in [7, 11) is 0. The maximum atomic E-state index is 2.36. The van der Waals surface area contributed by atoms with Gasteiger partial charge in [0.25, 0.3) is 0 Å². The van der Waals surface area contributed by atoms with Gasteiger partial charge in [0.15, 0.2) is 0 Å². The first-order valence-corrected chi connectivity index (χ1v) is 16.2. The van der Waals surface area contributed by atoms with Gasteiger partial charge in [-0.2, -0.15) is 0 Å². The molecule has 0 amide bonds. The topological polar surface area (TPSA) is 6.48 Å². The number of para-hydroxylation sites is 2. The van der Waals surface area contributed by atoms with E-state index in [1.807, 2.05) is 0 Å². The number of allylic oxidation sites excluding steroid dienone is 2. The summed E-state index contributed by atoms with van der Waals surface area (Å²) in [6, 6.07) is 60.8. The van der Waals surface area contributed by atoms with Gasteiger partial charge in [-0.1, -0.05) is 133 Å². The van der Waals surface area contributed by atoms with Gasteiger partial charge >= 0.3 is 0 Å². The molecule has 8 rings (SSSR count). The molecule has 224 valence electrons. The molecular weight excluding hydrogens is 569 g/mol. The van der Waals surface area contributed by atoms with E-state index in [-0.39, 0.29) is 0 Å². The van der Waals surface area contributed by atoms with Crippen molar-refractivity contribution < 1.29 is 0 Å². The van der Waals surface area contributed by atoms with Crippen LogP contribution in [0.5, 0.6) is 0 Å². The second kappa shape index (κ2) is 12.7. The molecule has 2 heteroatoms. The molecular formula is C45H34N2. The van der Waals surface area contributed by atoms with Crippen LogP contribution in [0.1, 0.15) is 17.5 Å². The molecule has 7 aromatic rings. The van der Waals surface area contributed by atoms with Crippen LogP contribution in [0.4, 0.5) is 34.1 Å². The van der Waals surface area contributed by atoms with E-state index in [0.29, 0.717) is 0 Å². The number of hydrogen-bond acceptors (Lipinski definition) is 2. The minimum Gasteiger partial charge on any atom is -0.310 e. The Morgan fingerprint density at radius 1 is 0.362 bits per heavy atom. The molecule has 0 saturated heterocycles. The molecule has 0 aliphatic heterocycles. The van der Waals surface area contributed by atoms with Crippen LogP contribution < -0.4 is 9.80 Å². The Labute approximate surface area is 276 Å². The summed E-state index contributed by atoms with van der Waals surface area (Å²) < 4.78 is 0. The summed E-state index contributed by atoms with van der Waals surface area (Å²) >= 11 is 0. The summed E-state index contributed by atoms with van der Waals surface area (Å²) in [6.45, 7) is 0. The molecule has 0 unspecified atom stereocenters. The number of benzene rings is 7. The summed E-state index contributed by atoms with van der Waals surface area (Å²) in [5, 5.41) is 2.45. The van der Waals surface area contributed by atoms with Crippen LogP contribution in [-0.4, -0.2) is 0 Å². The van der Waals surface area contributed by atoms with Crippen molar-refractivity contribution in [2.45, 2.75) is 6.42 Å². The van der Waals surface area contributed by atoms with E-state index in [1.165, 1.54) is 38.7 Å². The van der Waals surface area contributed by atoms with Crippen LogP contribution in [0.25, 0.3) is 34.1 Å². The van der Waals surface area contributed by atoms with E-state index in [9.17, 15) is 0 Å². The van der Waals surface area contributed by atoms with Crippen molar-refractivity contribution in [3.63, 3.8) is 0 Å². The van der Waals surface area contributed by atoms with Crippen LogP contribution in [0, 0.1) is 0 Å². The van der Waals surface area contributed by atoms with E-state index >= 15 is 0 Å². The van der Waals surface area contributed by atoms with Crippen molar-refractivity contribution >= 4 is 57.0 Å². The molecule has 0 heterocycles. The Balaban J connectivity index is 1.15. The van der Waals surface area contributed by atoms with Crippen molar-refractivity contribution in [2.75, 3.05) is 9.80 Å². The molecule has 0 saturated carbocycles. The maximum absolute atomic E-state index is 2.36. The molecule has 1 aliphatic rings. The van der Waals surface area contributed by atoms with Crippen LogP contribution in [0.3, 0.4) is 0 Å². The second-order valence-corrected chi connectivity index (χ2v) is 11.8. The van der Waals surface area contributed by atoms with Crippen LogP contribution in [-0.2, 0) is 0 Å². The number of nitrogens with zero attached hydrogens (tertiary/aromatic N) is 2. The smallest absolute Gasteiger partial charge is 0.0540 e. The number of hydrogen-bond donors (Lipinski definition) is 0. The molecule has 0 radical (unpaired) electrons. The number of rotatable bonds is 7. The van der Waals surface area contributed by atoms with E-state index in [1.54, 1.807) is 0 Å². The fourth-order valence-electron chi connectivity index (χ4n) is 6.57. The Hall–Kier alpha value is -6.12. The second-order valence-electron chi connectivity index (χ2n) is 11.8. The van der Waals surface area contributed by atoms with Crippen molar-refractivity contribution in [1.29, 1.82) is 0 Å². The maximum Gasteiger partial charge on any atom is 0.0540 e. The molecule has 47 heavy (non-hydrogen) atoms. The van der Waals surface area contributed by atoms with E-state index in [4.69, 9.17) is 0 Å². The minimum atomic E-state index is 0.942. The van der Waals surface area contributed by atoms with Gasteiger partial charge in [-0.25, -0.2) is 0 Å². The molecule has 1 aliphatic carbocycles. The highest BCUT2D eigenvalue weighted by atomic mass is 15.1. The molecule has 0 spiro atoms. The van der Waals surface area contributed by atoms with Crippen molar-refractivity contribution in [3.05, 3.63) is 193 Å². The molecule has 2 nitrogen and oxygen atoms in total. The standard InChI is InChI=1S/C45H34N2/c1-4-14-36-16-12-24-44(42(36)22-9-1)46(38-18-5-2-6-19-38)40-30-26-34(27-31-40)35-28-32-41(33-29-35)47(39-20-7-3-8-21-39)45-25-13-17-37-15-10-11-23-43(37)45/h2-33H,1H2. The third-order valence-corrected chi connectivity index (χ3v) is 8.83. The first kappa shape index (κ1) is 28.4. The predicted octanol–water partition coefficient (Wildman–Crippen LogP) is 12.9. The van der Waals surface area contributed by atoms with E-state index < -0.39 is 0 Å². The highest BCUT2D eigenvalue weighted by Crippen LogP contribution is 2.41. The zero-order chi connectivity index (χ0) is 31.4. The van der Waals surface area contributed by atoms with Crippen molar-refractivity contribution in [2.24, 2.45) is 0 Å². The lowest BCUT2D eigenvalue weighted by molar-refractivity contribution is 1.27. The Morgan fingerprint density at radius 2 is 0.851 bits per heavy atom. The van der Waals surface area contributed by atoms with Crippen LogP contribution in [0.2, 0.25) is 0 Å². The normalized spacial score (nSPS) is 12.0. The average molecular weight is 603 g/mol. The highest BCUT2D eigenvalue weighted by Gasteiger charge is 2.18. The molecule has 0 N–H and O–H groups in total. The van der Waals surface area contributed by atoms with E-state index in [0.717, 1.165) is 34.9 Å². The summed E-state index contributed by atoms with van der Waals surface area (Å²) in [5.41, 5.74) is 11.7. The lowest BCUT2D eigenvalue weighted by atomic mass is 10.0. The number of anilines is 6. The molecule has 7 aromatic carbocycles. The van der Waals surface area contributed by atoms with Crippen molar-refractivity contribution in [3.8, 4) is 11.1 Å². The lowest BCUT2D eigenvalue weighted by Crippen LogP contribution is -2.11. The van der Waals surface area contributed by atoms with Gasteiger partial charge in [-0.05, 0) is 89.2 Å². The zero-order valence-corrected chi connectivity index (χ0v) is 26.1. The molecule has 0 fully saturated rings. The first-order valence-electron chi connectivity index (χ1n) is 16.2. The van der Waals surface area contributed by atoms with Gasteiger partial charge in [-0.15, -0.1) is 0 Å². The molecule has 0 aromatic heterocycles. The number of fused-ring (bicyclic) bond motifs is 2. The SMILES string of the molecule is C1=Cc2cccc(N(c3ccccc3)c3ccc(-c4ccc(N(c5ccccc5)c5cccc6ccccc56)cc4)cc3)c2C=CC1. The largest absolute Gasteiger partial charge is 0.310 e. The molecule has 0 atom stereocenters. The highest BCUT2D eigenvalue weighted by molar-refractivity contribution is 5.99. The van der Waals surface area contributed by atoms with Gasteiger partial charge in [0.1, 0.15) is 0 Å². The quantitative estimate of drug-likeness (QED) is 0.179. The van der Waals surface area contributed by atoms with Gasteiger partial charge in [0, 0.05) is 33.7 Å². The Kier molecular flexibility index (Phi) is 7.67.